The molecular weight excluding hydrogens is 384 g/mol. The normalized spacial score (nSPS) is 18.4. The molecule has 1 saturated heterocycles. The summed E-state index contributed by atoms with van der Waals surface area (Å²) in [5, 5.41) is 11.2. The molecule has 132 valence electrons. The summed E-state index contributed by atoms with van der Waals surface area (Å²) in [5.74, 6) is 0.628. The van der Waals surface area contributed by atoms with Crippen LogP contribution < -0.4 is 0 Å². The van der Waals surface area contributed by atoms with Crippen LogP contribution in [0.2, 0.25) is 5.02 Å². The van der Waals surface area contributed by atoms with Crippen molar-refractivity contribution < 1.29 is 13.3 Å². The maximum atomic E-state index is 13.1. The van der Waals surface area contributed by atoms with E-state index in [0.29, 0.717) is 22.9 Å². The minimum absolute atomic E-state index is 0.0793. The number of rotatable bonds is 4. The number of nitrogens with zero attached hydrogens (tertiary/aromatic N) is 2. The number of hydrogen-bond donors (Lipinski definition) is 0. The molecule has 0 unspecified atom stereocenters. The number of aryl methyl sites for hydroxylation is 1. The molecule has 0 aromatic heterocycles. The molecule has 6 nitrogen and oxygen atoms in total. The Morgan fingerprint density at radius 2 is 2.00 bits per heavy atom. The minimum Gasteiger partial charge on any atom is -0.258 e. The first-order chi connectivity index (χ1) is 11.8. The average Bonchev–Trinajstić information content (AvgIpc) is 3.05. The lowest BCUT2D eigenvalue weighted by Crippen LogP contribution is -2.30. The van der Waals surface area contributed by atoms with Gasteiger partial charge in [-0.15, -0.1) is 11.8 Å². The lowest BCUT2D eigenvalue weighted by molar-refractivity contribution is -0.385. The zero-order valence-corrected chi connectivity index (χ0v) is 15.6. The highest BCUT2D eigenvalue weighted by Crippen LogP contribution is 2.43. The first-order valence-electron chi connectivity index (χ1n) is 7.45. The quantitative estimate of drug-likeness (QED) is 0.574. The second-order valence-corrected chi connectivity index (χ2v) is 9.05. The maximum absolute atomic E-state index is 13.1. The standard InChI is InChI=1S/C16H15ClN2O4S2/c1-11-6-7-12(10-15(11)19(20)21)25(22,23)18-8-9-24-16(18)13-4-2-3-5-14(13)17/h2-7,10,16H,8-9H2,1H3/t16-/m1/s1. The molecule has 25 heavy (non-hydrogen) atoms. The van der Waals surface area contributed by atoms with Gasteiger partial charge in [-0.2, -0.15) is 4.31 Å². The zero-order valence-electron chi connectivity index (χ0n) is 13.3. The number of nitro groups is 1. The van der Waals surface area contributed by atoms with E-state index >= 15 is 0 Å². The van der Waals surface area contributed by atoms with E-state index in [2.05, 4.69) is 0 Å². The van der Waals surface area contributed by atoms with Crippen LogP contribution >= 0.6 is 23.4 Å². The van der Waals surface area contributed by atoms with Gasteiger partial charge in [-0.25, -0.2) is 8.42 Å². The highest BCUT2D eigenvalue weighted by molar-refractivity contribution is 8.01. The van der Waals surface area contributed by atoms with Crippen LogP contribution in [0.1, 0.15) is 16.5 Å². The minimum atomic E-state index is -3.88. The van der Waals surface area contributed by atoms with Gasteiger partial charge in [0.25, 0.3) is 5.69 Å². The number of benzene rings is 2. The van der Waals surface area contributed by atoms with Crippen molar-refractivity contribution in [2.75, 3.05) is 12.3 Å². The van der Waals surface area contributed by atoms with E-state index in [1.807, 2.05) is 6.07 Å². The number of sulfonamides is 1. The fraction of sp³-hybridized carbons (Fsp3) is 0.250. The van der Waals surface area contributed by atoms with Crippen molar-refractivity contribution in [3.05, 3.63) is 68.7 Å². The third-order valence-electron chi connectivity index (χ3n) is 4.00. The van der Waals surface area contributed by atoms with E-state index in [1.165, 1.54) is 28.2 Å². The van der Waals surface area contributed by atoms with Gasteiger partial charge in [0.15, 0.2) is 0 Å². The van der Waals surface area contributed by atoms with Crippen LogP contribution in [0.3, 0.4) is 0 Å². The Morgan fingerprint density at radius 3 is 2.68 bits per heavy atom. The van der Waals surface area contributed by atoms with Gasteiger partial charge >= 0.3 is 0 Å². The molecule has 1 atom stereocenters. The van der Waals surface area contributed by atoms with Gasteiger partial charge in [-0.1, -0.05) is 35.9 Å². The highest BCUT2D eigenvalue weighted by atomic mass is 35.5. The Bertz CT molecular complexity index is 933. The summed E-state index contributed by atoms with van der Waals surface area (Å²) in [6, 6.07) is 11.1. The van der Waals surface area contributed by atoms with Crippen LogP contribution in [0.5, 0.6) is 0 Å². The molecule has 1 fully saturated rings. The first-order valence-corrected chi connectivity index (χ1v) is 10.3. The van der Waals surface area contributed by atoms with Gasteiger partial charge in [0.1, 0.15) is 0 Å². The van der Waals surface area contributed by atoms with E-state index in [-0.39, 0.29) is 10.6 Å². The molecule has 3 rings (SSSR count). The van der Waals surface area contributed by atoms with E-state index in [0.717, 1.165) is 11.6 Å². The van der Waals surface area contributed by atoms with Crippen molar-refractivity contribution in [3.8, 4) is 0 Å². The molecule has 2 aromatic rings. The number of nitro benzene ring substituents is 1. The maximum Gasteiger partial charge on any atom is 0.273 e. The third kappa shape index (κ3) is 3.39. The van der Waals surface area contributed by atoms with E-state index in [9.17, 15) is 18.5 Å². The van der Waals surface area contributed by atoms with E-state index in [4.69, 9.17) is 11.6 Å². The van der Waals surface area contributed by atoms with Gasteiger partial charge in [-0.3, -0.25) is 10.1 Å². The van der Waals surface area contributed by atoms with Crippen LogP contribution in [-0.2, 0) is 10.0 Å². The Kier molecular flexibility index (Phi) is 5.06. The molecule has 1 heterocycles. The summed E-state index contributed by atoms with van der Waals surface area (Å²) in [6.07, 6.45) is 0. The van der Waals surface area contributed by atoms with Crippen LogP contribution in [0.15, 0.2) is 47.4 Å². The molecule has 0 amide bonds. The Hall–Kier alpha value is -1.61. The zero-order chi connectivity index (χ0) is 18.2. The Morgan fingerprint density at radius 1 is 1.28 bits per heavy atom. The molecule has 1 aliphatic rings. The number of thioether (sulfide) groups is 1. The summed E-state index contributed by atoms with van der Waals surface area (Å²) in [4.78, 5) is 10.5. The highest BCUT2D eigenvalue weighted by Gasteiger charge is 2.38. The second-order valence-electron chi connectivity index (χ2n) is 5.57. The molecule has 0 aliphatic carbocycles. The number of halogens is 1. The summed E-state index contributed by atoms with van der Waals surface area (Å²) in [7, 11) is -3.88. The van der Waals surface area contributed by atoms with Crippen molar-refractivity contribution >= 4 is 39.1 Å². The van der Waals surface area contributed by atoms with Crippen LogP contribution in [-0.4, -0.2) is 29.9 Å². The van der Waals surface area contributed by atoms with Crippen molar-refractivity contribution in [3.63, 3.8) is 0 Å². The SMILES string of the molecule is Cc1ccc(S(=O)(=O)N2CCS[C@@H]2c2ccccc2Cl)cc1[N+](=O)[O-]. The van der Waals surface area contributed by atoms with Crippen LogP contribution in [0, 0.1) is 17.0 Å². The van der Waals surface area contributed by atoms with Crippen molar-refractivity contribution in [2.24, 2.45) is 0 Å². The van der Waals surface area contributed by atoms with Gasteiger partial charge in [0.05, 0.1) is 15.2 Å². The fourth-order valence-electron chi connectivity index (χ4n) is 2.70. The molecule has 0 radical (unpaired) electrons. The first kappa shape index (κ1) is 18.2. The Labute approximate surface area is 155 Å². The largest absolute Gasteiger partial charge is 0.273 e. The molecule has 0 bridgehead atoms. The molecule has 1 aliphatic heterocycles. The molecular formula is C16H15ClN2O4S2. The fourth-order valence-corrected chi connectivity index (χ4v) is 6.30. The van der Waals surface area contributed by atoms with Crippen molar-refractivity contribution in [2.45, 2.75) is 17.2 Å². The molecule has 9 heteroatoms. The summed E-state index contributed by atoms with van der Waals surface area (Å²) < 4.78 is 27.5. The molecule has 0 spiro atoms. The molecule has 2 aromatic carbocycles. The summed E-state index contributed by atoms with van der Waals surface area (Å²) >= 11 is 7.71. The Balaban J connectivity index is 2.04. The predicted molar refractivity (Wildman–Crippen MR) is 98.4 cm³/mol. The van der Waals surface area contributed by atoms with E-state index < -0.39 is 20.3 Å². The van der Waals surface area contributed by atoms with Crippen LogP contribution in [0.25, 0.3) is 0 Å². The number of hydrogen-bond acceptors (Lipinski definition) is 5. The van der Waals surface area contributed by atoms with Gasteiger partial charge in [-0.05, 0) is 24.6 Å². The predicted octanol–water partition coefficient (Wildman–Crippen LogP) is 3.99. The van der Waals surface area contributed by atoms with Crippen molar-refractivity contribution in [1.29, 1.82) is 0 Å². The van der Waals surface area contributed by atoms with Gasteiger partial charge in [0.2, 0.25) is 10.0 Å². The average molecular weight is 399 g/mol. The summed E-state index contributed by atoms with van der Waals surface area (Å²) in [6.45, 7) is 1.90. The third-order valence-corrected chi connectivity index (χ3v) is 7.58. The van der Waals surface area contributed by atoms with Crippen LogP contribution in [0.4, 0.5) is 5.69 Å². The topological polar surface area (TPSA) is 80.5 Å². The van der Waals surface area contributed by atoms with Gasteiger partial charge in [0, 0.05) is 29.0 Å². The monoisotopic (exact) mass is 398 g/mol. The van der Waals surface area contributed by atoms with Gasteiger partial charge < -0.3 is 0 Å². The summed E-state index contributed by atoms with van der Waals surface area (Å²) in [5.41, 5.74) is 0.932. The molecule has 0 saturated carbocycles. The van der Waals surface area contributed by atoms with E-state index in [1.54, 1.807) is 25.1 Å². The van der Waals surface area contributed by atoms with Crippen molar-refractivity contribution in [1.82, 2.24) is 4.31 Å². The second kappa shape index (κ2) is 6.95. The lowest BCUT2D eigenvalue weighted by Gasteiger charge is -2.24. The lowest BCUT2D eigenvalue weighted by atomic mass is 10.2. The smallest absolute Gasteiger partial charge is 0.258 e. The molecule has 0 N–H and O–H groups in total.